The molecule has 0 saturated heterocycles. The maximum Gasteiger partial charge on any atom is 0.322 e. The smallest absolute Gasteiger partial charge is 0.322 e. The highest BCUT2D eigenvalue weighted by atomic mass is 35.5. The van der Waals surface area contributed by atoms with Crippen molar-refractivity contribution in [2.24, 2.45) is 0 Å². The summed E-state index contributed by atoms with van der Waals surface area (Å²) in [6.07, 6.45) is 3.35. The Hall–Kier alpha value is -1.37. The zero-order valence-electron chi connectivity index (χ0n) is 9.41. The average Bonchev–Trinajstić information content (AvgIpc) is 2.96. The van der Waals surface area contributed by atoms with E-state index in [2.05, 4.69) is 10.4 Å². The van der Waals surface area contributed by atoms with Crippen LogP contribution < -0.4 is 5.32 Å². The number of aliphatic carboxylic acids is 1. The van der Waals surface area contributed by atoms with Gasteiger partial charge in [-0.15, -0.1) is 11.3 Å². The lowest BCUT2D eigenvalue weighted by Gasteiger charge is -2.14. The van der Waals surface area contributed by atoms with Crippen molar-refractivity contribution < 1.29 is 9.90 Å². The van der Waals surface area contributed by atoms with Gasteiger partial charge >= 0.3 is 5.97 Å². The zero-order valence-corrected chi connectivity index (χ0v) is 11.0. The topological polar surface area (TPSA) is 67.1 Å². The third-order valence-corrected chi connectivity index (χ3v) is 3.81. The van der Waals surface area contributed by atoms with Gasteiger partial charge < -0.3 is 5.11 Å². The van der Waals surface area contributed by atoms with E-state index in [-0.39, 0.29) is 6.54 Å². The van der Waals surface area contributed by atoms with E-state index in [9.17, 15) is 4.79 Å². The fourth-order valence-corrected chi connectivity index (χ4v) is 2.55. The normalized spacial score (nSPS) is 12.5. The molecule has 0 saturated carbocycles. The van der Waals surface area contributed by atoms with Gasteiger partial charge in [-0.25, -0.2) is 0 Å². The first-order valence-corrected chi connectivity index (χ1v) is 6.58. The molecule has 0 aliphatic rings. The zero-order chi connectivity index (χ0) is 13.0. The quantitative estimate of drug-likeness (QED) is 0.850. The lowest BCUT2D eigenvalue weighted by Crippen LogP contribution is -2.39. The van der Waals surface area contributed by atoms with Crippen LogP contribution in [0.5, 0.6) is 0 Å². The summed E-state index contributed by atoms with van der Waals surface area (Å²) < 4.78 is 1.59. The van der Waals surface area contributed by atoms with E-state index in [1.165, 1.54) is 11.3 Å². The van der Waals surface area contributed by atoms with E-state index < -0.39 is 12.0 Å². The number of hydrogen-bond acceptors (Lipinski definition) is 4. The predicted molar refractivity (Wildman–Crippen MR) is 69.8 cm³/mol. The van der Waals surface area contributed by atoms with E-state index in [1.54, 1.807) is 29.2 Å². The summed E-state index contributed by atoms with van der Waals surface area (Å²) in [5.41, 5.74) is 0. The summed E-state index contributed by atoms with van der Waals surface area (Å²) in [4.78, 5) is 12.1. The molecule has 2 rings (SSSR count). The number of carboxylic acids is 1. The van der Waals surface area contributed by atoms with Gasteiger partial charge in [0.15, 0.2) is 0 Å². The standard InChI is InChI=1S/C11H12ClN3O2S/c12-8-2-5-18-10(8)6-13-9(11(16)17)7-15-4-1-3-14-15/h1-5,9,13H,6-7H2,(H,16,17). The highest BCUT2D eigenvalue weighted by Crippen LogP contribution is 2.21. The highest BCUT2D eigenvalue weighted by molar-refractivity contribution is 7.10. The minimum atomic E-state index is -0.904. The first-order chi connectivity index (χ1) is 8.66. The Morgan fingerprint density at radius 1 is 1.67 bits per heavy atom. The molecule has 2 aromatic heterocycles. The van der Waals surface area contributed by atoms with E-state index in [4.69, 9.17) is 16.7 Å². The minimum absolute atomic E-state index is 0.283. The maximum absolute atomic E-state index is 11.1. The molecule has 0 spiro atoms. The van der Waals surface area contributed by atoms with Gasteiger partial charge in [0.2, 0.25) is 0 Å². The molecule has 18 heavy (non-hydrogen) atoms. The van der Waals surface area contributed by atoms with Crippen LogP contribution in [0.15, 0.2) is 29.9 Å². The van der Waals surface area contributed by atoms with E-state index >= 15 is 0 Å². The largest absolute Gasteiger partial charge is 0.480 e. The van der Waals surface area contributed by atoms with Crippen LogP contribution in [-0.4, -0.2) is 26.9 Å². The molecule has 1 atom stereocenters. The van der Waals surface area contributed by atoms with Crippen LogP contribution in [0.25, 0.3) is 0 Å². The second-order valence-electron chi connectivity index (χ2n) is 3.69. The van der Waals surface area contributed by atoms with Crippen LogP contribution in [0, 0.1) is 0 Å². The Morgan fingerprint density at radius 3 is 3.06 bits per heavy atom. The van der Waals surface area contributed by atoms with Gasteiger partial charge in [-0.05, 0) is 17.5 Å². The molecule has 0 radical (unpaired) electrons. The van der Waals surface area contributed by atoms with E-state index in [1.807, 2.05) is 5.38 Å². The van der Waals surface area contributed by atoms with Crippen LogP contribution in [0.3, 0.4) is 0 Å². The van der Waals surface area contributed by atoms with Crippen molar-refractivity contribution in [1.82, 2.24) is 15.1 Å². The van der Waals surface area contributed by atoms with Crippen molar-refractivity contribution in [1.29, 1.82) is 0 Å². The Kier molecular flexibility index (Phi) is 4.35. The number of hydrogen-bond donors (Lipinski definition) is 2. The number of halogens is 1. The Balaban J connectivity index is 1.95. The van der Waals surface area contributed by atoms with Crippen LogP contribution in [0.2, 0.25) is 5.02 Å². The molecule has 0 aromatic carbocycles. The Morgan fingerprint density at radius 2 is 2.50 bits per heavy atom. The molecular formula is C11H12ClN3O2S. The molecule has 0 bridgehead atoms. The lowest BCUT2D eigenvalue weighted by atomic mass is 10.3. The van der Waals surface area contributed by atoms with Crippen molar-refractivity contribution in [3.8, 4) is 0 Å². The SMILES string of the molecule is O=C(O)C(Cn1cccn1)NCc1sccc1Cl. The summed E-state index contributed by atoms with van der Waals surface area (Å²) >= 11 is 7.45. The minimum Gasteiger partial charge on any atom is -0.480 e. The van der Waals surface area contributed by atoms with Crippen molar-refractivity contribution >= 4 is 28.9 Å². The van der Waals surface area contributed by atoms with Gasteiger partial charge in [0.1, 0.15) is 6.04 Å². The fraction of sp³-hybridized carbons (Fsp3) is 0.273. The second kappa shape index (κ2) is 5.99. The number of nitrogens with zero attached hydrogens (tertiary/aromatic N) is 2. The summed E-state index contributed by atoms with van der Waals surface area (Å²) in [6, 6.07) is 2.87. The molecule has 0 amide bonds. The van der Waals surface area contributed by atoms with Crippen LogP contribution in [-0.2, 0) is 17.9 Å². The monoisotopic (exact) mass is 285 g/mol. The summed E-state index contributed by atoms with van der Waals surface area (Å²) in [5.74, 6) is -0.904. The number of rotatable bonds is 6. The number of carbonyl (C=O) groups is 1. The number of carboxylic acid groups (broad SMARTS) is 1. The summed E-state index contributed by atoms with van der Waals surface area (Å²) in [7, 11) is 0. The van der Waals surface area contributed by atoms with Gasteiger partial charge in [0, 0.05) is 23.8 Å². The van der Waals surface area contributed by atoms with Crippen LogP contribution in [0.1, 0.15) is 4.88 Å². The third-order valence-electron chi connectivity index (χ3n) is 2.43. The molecular weight excluding hydrogens is 274 g/mol. The van der Waals surface area contributed by atoms with Gasteiger partial charge in [0.25, 0.3) is 0 Å². The molecule has 0 aliphatic carbocycles. The molecule has 1 unspecified atom stereocenters. The summed E-state index contributed by atoms with van der Waals surface area (Å²) in [5, 5.41) is 18.6. The van der Waals surface area contributed by atoms with E-state index in [0.717, 1.165) is 4.88 Å². The fourth-order valence-electron chi connectivity index (χ4n) is 1.49. The Bertz CT molecular complexity index is 512. The molecule has 5 nitrogen and oxygen atoms in total. The Labute approximate surface area is 113 Å². The van der Waals surface area contributed by atoms with Gasteiger partial charge in [-0.2, -0.15) is 5.10 Å². The van der Waals surface area contributed by atoms with Crippen LogP contribution >= 0.6 is 22.9 Å². The van der Waals surface area contributed by atoms with E-state index in [0.29, 0.717) is 11.6 Å². The van der Waals surface area contributed by atoms with Gasteiger partial charge in [-0.1, -0.05) is 11.6 Å². The van der Waals surface area contributed by atoms with Gasteiger partial charge in [-0.3, -0.25) is 14.8 Å². The molecule has 96 valence electrons. The van der Waals surface area contributed by atoms with Crippen molar-refractivity contribution in [3.63, 3.8) is 0 Å². The second-order valence-corrected chi connectivity index (χ2v) is 5.10. The predicted octanol–water partition coefficient (Wildman–Crippen LogP) is 1.84. The van der Waals surface area contributed by atoms with Crippen molar-refractivity contribution in [3.05, 3.63) is 39.8 Å². The molecule has 7 heteroatoms. The molecule has 0 fully saturated rings. The lowest BCUT2D eigenvalue weighted by molar-refractivity contribution is -0.140. The molecule has 2 aromatic rings. The first kappa shape index (κ1) is 13.1. The number of aromatic nitrogens is 2. The molecule has 2 N–H and O–H groups in total. The first-order valence-electron chi connectivity index (χ1n) is 5.32. The average molecular weight is 286 g/mol. The van der Waals surface area contributed by atoms with Crippen molar-refractivity contribution in [2.75, 3.05) is 0 Å². The van der Waals surface area contributed by atoms with Crippen LogP contribution in [0.4, 0.5) is 0 Å². The molecule has 0 aliphatic heterocycles. The third kappa shape index (κ3) is 3.32. The molecule has 2 heterocycles. The van der Waals surface area contributed by atoms with Gasteiger partial charge in [0.05, 0.1) is 11.6 Å². The summed E-state index contributed by atoms with van der Waals surface area (Å²) in [6.45, 7) is 0.722. The number of nitrogens with one attached hydrogen (secondary N) is 1. The maximum atomic E-state index is 11.1. The van der Waals surface area contributed by atoms with Crippen molar-refractivity contribution in [2.45, 2.75) is 19.1 Å². The number of thiophene rings is 1. The highest BCUT2D eigenvalue weighted by Gasteiger charge is 2.18.